The normalized spacial score (nSPS) is 10.8. The number of nitrogens with one attached hydrogen (secondary N) is 1. The number of hydrogen-bond donors (Lipinski definition) is 2. The highest BCUT2D eigenvalue weighted by Gasteiger charge is 2.26. The topological polar surface area (TPSA) is 97.5 Å². The van der Waals surface area contributed by atoms with Crippen molar-refractivity contribution in [3.63, 3.8) is 0 Å². The lowest BCUT2D eigenvalue weighted by Crippen LogP contribution is -2.45. The van der Waals surface area contributed by atoms with Crippen LogP contribution >= 0.6 is 0 Å². The molecule has 110 valence electrons. The maximum Gasteiger partial charge on any atom is 0.418 e. The molecule has 0 spiro atoms. The van der Waals surface area contributed by atoms with E-state index in [1.54, 1.807) is 32.9 Å². The SMILES string of the molecule is CC(C)(C)OC(=O)N(CCN)C(=O)Nc1ccncc1. The number of rotatable bonds is 3. The number of hydrogen-bond acceptors (Lipinski definition) is 5. The maximum atomic E-state index is 12.1. The smallest absolute Gasteiger partial charge is 0.418 e. The average Bonchev–Trinajstić information content (AvgIpc) is 2.34. The van der Waals surface area contributed by atoms with Crippen molar-refractivity contribution in [1.29, 1.82) is 0 Å². The van der Waals surface area contributed by atoms with Crippen LogP contribution in [0, 0.1) is 0 Å². The summed E-state index contributed by atoms with van der Waals surface area (Å²) in [6.07, 6.45) is 2.35. The van der Waals surface area contributed by atoms with Crippen LogP contribution in [-0.2, 0) is 4.74 Å². The summed E-state index contributed by atoms with van der Waals surface area (Å²) in [6, 6.07) is 2.65. The third kappa shape index (κ3) is 5.23. The molecule has 20 heavy (non-hydrogen) atoms. The third-order valence-electron chi connectivity index (χ3n) is 2.14. The van der Waals surface area contributed by atoms with Crippen LogP contribution in [0.1, 0.15) is 20.8 Å². The summed E-state index contributed by atoms with van der Waals surface area (Å²) in [4.78, 5) is 28.8. The molecule has 0 saturated carbocycles. The zero-order valence-electron chi connectivity index (χ0n) is 11.9. The van der Waals surface area contributed by atoms with Gasteiger partial charge in [0.2, 0.25) is 0 Å². The Morgan fingerprint density at radius 2 is 1.95 bits per heavy atom. The monoisotopic (exact) mass is 280 g/mol. The molecule has 0 unspecified atom stereocenters. The van der Waals surface area contributed by atoms with Crippen LogP contribution < -0.4 is 11.1 Å². The molecule has 7 nitrogen and oxygen atoms in total. The Bertz CT molecular complexity index is 456. The molecule has 1 heterocycles. The molecule has 0 aliphatic heterocycles. The van der Waals surface area contributed by atoms with E-state index < -0.39 is 17.7 Å². The molecule has 0 bridgehead atoms. The van der Waals surface area contributed by atoms with Gasteiger partial charge in [0.15, 0.2) is 0 Å². The van der Waals surface area contributed by atoms with E-state index >= 15 is 0 Å². The van der Waals surface area contributed by atoms with Crippen molar-refractivity contribution >= 4 is 17.8 Å². The second-order valence-electron chi connectivity index (χ2n) is 5.09. The number of urea groups is 1. The number of pyridine rings is 1. The summed E-state index contributed by atoms with van der Waals surface area (Å²) < 4.78 is 5.17. The molecule has 0 aliphatic rings. The number of anilines is 1. The standard InChI is InChI=1S/C13H20N4O3/c1-13(2,3)20-12(19)17(9-6-14)11(18)16-10-4-7-15-8-5-10/h4-5,7-8H,6,9,14H2,1-3H3,(H,15,16,18). The van der Waals surface area contributed by atoms with Crippen molar-refractivity contribution in [3.05, 3.63) is 24.5 Å². The molecule has 0 saturated heterocycles. The number of imide groups is 1. The highest BCUT2D eigenvalue weighted by atomic mass is 16.6. The Balaban J connectivity index is 2.74. The first kappa shape index (κ1) is 15.9. The van der Waals surface area contributed by atoms with Crippen molar-refractivity contribution in [1.82, 2.24) is 9.88 Å². The first-order chi connectivity index (χ1) is 9.33. The van der Waals surface area contributed by atoms with Crippen LogP contribution in [0.5, 0.6) is 0 Å². The molecule has 1 aromatic heterocycles. The summed E-state index contributed by atoms with van der Waals surface area (Å²) in [5, 5.41) is 2.58. The van der Waals surface area contributed by atoms with Crippen molar-refractivity contribution < 1.29 is 14.3 Å². The lowest BCUT2D eigenvalue weighted by molar-refractivity contribution is 0.0337. The highest BCUT2D eigenvalue weighted by molar-refractivity contribution is 5.99. The number of carbonyl (C=O) groups excluding carboxylic acids is 2. The number of ether oxygens (including phenoxy) is 1. The van der Waals surface area contributed by atoms with E-state index in [-0.39, 0.29) is 13.1 Å². The summed E-state index contributed by atoms with van der Waals surface area (Å²) in [7, 11) is 0. The molecule has 3 N–H and O–H groups in total. The molecule has 0 atom stereocenters. The summed E-state index contributed by atoms with van der Waals surface area (Å²) in [5.41, 5.74) is 5.28. The van der Waals surface area contributed by atoms with Gasteiger partial charge in [-0.25, -0.2) is 14.5 Å². The van der Waals surface area contributed by atoms with E-state index in [0.29, 0.717) is 5.69 Å². The number of nitrogens with two attached hydrogens (primary N) is 1. The number of amides is 3. The minimum Gasteiger partial charge on any atom is -0.443 e. The Hall–Kier alpha value is -2.15. The fraction of sp³-hybridized carbons (Fsp3) is 0.462. The highest BCUT2D eigenvalue weighted by Crippen LogP contribution is 2.11. The van der Waals surface area contributed by atoms with Gasteiger partial charge in [0.05, 0.1) is 0 Å². The van der Waals surface area contributed by atoms with Crippen molar-refractivity contribution in [3.8, 4) is 0 Å². The Kier molecular flexibility index (Phi) is 5.45. The molecule has 0 radical (unpaired) electrons. The van der Waals surface area contributed by atoms with Crippen LogP contribution in [-0.4, -0.2) is 40.7 Å². The fourth-order valence-electron chi connectivity index (χ4n) is 1.35. The zero-order valence-corrected chi connectivity index (χ0v) is 11.9. The van der Waals surface area contributed by atoms with Crippen molar-refractivity contribution in [2.24, 2.45) is 5.73 Å². The molecule has 7 heteroatoms. The quantitative estimate of drug-likeness (QED) is 0.880. The molecule has 0 aromatic carbocycles. The minimum atomic E-state index is -0.727. The first-order valence-corrected chi connectivity index (χ1v) is 6.25. The second-order valence-corrected chi connectivity index (χ2v) is 5.09. The molecule has 0 fully saturated rings. The Morgan fingerprint density at radius 3 is 2.45 bits per heavy atom. The van der Waals surface area contributed by atoms with Gasteiger partial charge in [-0.2, -0.15) is 0 Å². The van der Waals surface area contributed by atoms with Gasteiger partial charge in [-0.3, -0.25) is 4.98 Å². The van der Waals surface area contributed by atoms with Gasteiger partial charge in [-0.05, 0) is 32.9 Å². The fourth-order valence-corrected chi connectivity index (χ4v) is 1.35. The minimum absolute atomic E-state index is 0.0752. The molecule has 1 rings (SSSR count). The summed E-state index contributed by atoms with van der Waals surface area (Å²) in [5.74, 6) is 0. The van der Waals surface area contributed by atoms with Gasteiger partial charge >= 0.3 is 12.1 Å². The van der Waals surface area contributed by atoms with Gasteiger partial charge in [0, 0.05) is 31.2 Å². The van der Waals surface area contributed by atoms with E-state index in [1.807, 2.05) is 0 Å². The van der Waals surface area contributed by atoms with Gasteiger partial charge in [-0.15, -0.1) is 0 Å². The molecule has 1 aromatic rings. The predicted molar refractivity (Wildman–Crippen MR) is 75.3 cm³/mol. The van der Waals surface area contributed by atoms with Crippen molar-refractivity contribution in [2.75, 3.05) is 18.4 Å². The predicted octanol–water partition coefficient (Wildman–Crippen LogP) is 1.81. The number of nitrogens with zero attached hydrogens (tertiary/aromatic N) is 2. The van der Waals surface area contributed by atoms with Crippen molar-refractivity contribution in [2.45, 2.75) is 26.4 Å². The second kappa shape index (κ2) is 6.85. The lowest BCUT2D eigenvalue weighted by atomic mass is 10.2. The average molecular weight is 280 g/mol. The van der Waals surface area contributed by atoms with E-state index in [2.05, 4.69) is 10.3 Å². The van der Waals surface area contributed by atoms with Crippen LogP contribution in [0.15, 0.2) is 24.5 Å². The van der Waals surface area contributed by atoms with Gasteiger partial charge < -0.3 is 15.8 Å². The van der Waals surface area contributed by atoms with Crippen LogP contribution in [0.2, 0.25) is 0 Å². The first-order valence-electron chi connectivity index (χ1n) is 6.25. The number of carbonyl (C=O) groups is 2. The molecule has 3 amide bonds. The third-order valence-corrected chi connectivity index (χ3v) is 2.14. The van der Waals surface area contributed by atoms with Crippen LogP contribution in [0.4, 0.5) is 15.3 Å². The Labute approximate surface area is 118 Å². The van der Waals surface area contributed by atoms with E-state index in [9.17, 15) is 9.59 Å². The van der Waals surface area contributed by atoms with E-state index in [1.165, 1.54) is 12.4 Å². The van der Waals surface area contributed by atoms with Gasteiger partial charge in [-0.1, -0.05) is 0 Å². The Morgan fingerprint density at radius 1 is 1.35 bits per heavy atom. The lowest BCUT2D eigenvalue weighted by Gasteiger charge is -2.25. The van der Waals surface area contributed by atoms with Gasteiger partial charge in [0.25, 0.3) is 0 Å². The maximum absolute atomic E-state index is 12.1. The molecular weight excluding hydrogens is 260 g/mol. The van der Waals surface area contributed by atoms with Crippen LogP contribution in [0.25, 0.3) is 0 Å². The summed E-state index contributed by atoms with van der Waals surface area (Å²) in [6.45, 7) is 5.42. The molecular formula is C13H20N4O3. The summed E-state index contributed by atoms with van der Waals surface area (Å²) >= 11 is 0. The van der Waals surface area contributed by atoms with E-state index in [4.69, 9.17) is 10.5 Å². The molecule has 0 aliphatic carbocycles. The van der Waals surface area contributed by atoms with E-state index in [0.717, 1.165) is 4.90 Å². The largest absolute Gasteiger partial charge is 0.443 e. The number of aromatic nitrogens is 1. The van der Waals surface area contributed by atoms with Crippen LogP contribution in [0.3, 0.4) is 0 Å². The van der Waals surface area contributed by atoms with Gasteiger partial charge in [0.1, 0.15) is 5.60 Å². The zero-order chi connectivity index (χ0) is 15.2.